The first-order chi connectivity index (χ1) is 12.4. The van der Waals surface area contributed by atoms with E-state index in [2.05, 4.69) is 0 Å². The number of piperazine rings is 1. The first-order valence-electron chi connectivity index (χ1n) is 8.53. The minimum atomic E-state index is -3.67. The molecule has 1 amide bonds. The van der Waals surface area contributed by atoms with E-state index in [1.54, 1.807) is 4.90 Å². The second kappa shape index (κ2) is 6.48. The van der Waals surface area contributed by atoms with E-state index in [4.69, 9.17) is 0 Å². The number of halogens is 1. The molecule has 2 aromatic carbocycles. The summed E-state index contributed by atoms with van der Waals surface area (Å²) in [6.45, 7) is 0.737. The molecule has 26 heavy (non-hydrogen) atoms. The van der Waals surface area contributed by atoms with Crippen LogP contribution < -0.4 is 0 Å². The van der Waals surface area contributed by atoms with Crippen LogP contribution in [0.25, 0.3) is 0 Å². The Bertz CT molecular complexity index is 944. The highest BCUT2D eigenvalue weighted by Gasteiger charge is 2.40. The second-order valence-corrected chi connectivity index (χ2v) is 8.70. The molecule has 0 saturated carbocycles. The average Bonchev–Trinajstić information content (AvgIpc) is 2.63. The molecule has 0 N–H and O–H groups in total. The largest absolute Gasteiger partial charge is 0.333 e. The molecular weight excluding hydrogens is 355 g/mol. The van der Waals surface area contributed by atoms with Gasteiger partial charge in [0.2, 0.25) is 15.9 Å². The zero-order valence-electron chi connectivity index (χ0n) is 14.1. The van der Waals surface area contributed by atoms with Crippen molar-refractivity contribution in [3.05, 3.63) is 71.0 Å². The number of sulfonamides is 1. The van der Waals surface area contributed by atoms with E-state index in [-0.39, 0.29) is 30.8 Å². The van der Waals surface area contributed by atoms with E-state index >= 15 is 0 Å². The maximum absolute atomic E-state index is 13.0. The zero-order chi connectivity index (χ0) is 18.3. The molecule has 136 valence electrons. The zero-order valence-corrected chi connectivity index (χ0v) is 15.0. The van der Waals surface area contributed by atoms with Crippen LogP contribution in [0.15, 0.2) is 48.5 Å². The van der Waals surface area contributed by atoms with Crippen molar-refractivity contribution < 1.29 is 17.6 Å². The standard InChI is InChI=1S/C19H19FN2O3S/c20-16-7-5-14(6-8-16)13-26(24,25)21-11-18-17-4-2-1-3-15(17)9-10-22(18)19(23)12-21/h1-8,18H,9-13H2. The van der Waals surface area contributed by atoms with Gasteiger partial charge in [0, 0.05) is 13.1 Å². The molecule has 2 aliphatic heterocycles. The Labute approximate surface area is 152 Å². The molecule has 4 rings (SSSR count). The predicted octanol–water partition coefficient (Wildman–Crippen LogP) is 2.10. The molecule has 1 saturated heterocycles. The van der Waals surface area contributed by atoms with Gasteiger partial charge in [-0.3, -0.25) is 4.79 Å². The van der Waals surface area contributed by atoms with Gasteiger partial charge in [0.25, 0.3) is 0 Å². The van der Waals surface area contributed by atoms with Gasteiger partial charge in [0.15, 0.2) is 0 Å². The highest BCUT2D eigenvalue weighted by Crippen LogP contribution is 2.34. The lowest BCUT2D eigenvalue weighted by Gasteiger charge is -2.44. The number of hydrogen-bond donors (Lipinski definition) is 0. The highest BCUT2D eigenvalue weighted by molar-refractivity contribution is 7.88. The van der Waals surface area contributed by atoms with Crippen LogP contribution in [-0.4, -0.2) is 43.2 Å². The van der Waals surface area contributed by atoms with E-state index in [1.165, 1.54) is 34.1 Å². The van der Waals surface area contributed by atoms with Gasteiger partial charge in [-0.15, -0.1) is 0 Å². The topological polar surface area (TPSA) is 57.7 Å². The van der Waals surface area contributed by atoms with Crippen LogP contribution in [0.2, 0.25) is 0 Å². The third-order valence-electron chi connectivity index (χ3n) is 5.08. The number of amides is 1. The average molecular weight is 374 g/mol. The third kappa shape index (κ3) is 3.12. The lowest BCUT2D eigenvalue weighted by atomic mass is 9.91. The summed E-state index contributed by atoms with van der Waals surface area (Å²) in [7, 11) is -3.67. The minimum Gasteiger partial charge on any atom is -0.333 e. The van der Waals surface area contributed by atoms with Crippen LogP contribution in [0.3, 0.4) is 0 Å². The van der Waals surface area contributed by atoms with Crippen molar-refractivity contribution in [2.24, 2.45) is 0 Å². The first-order valence-corrected chi connectivity index (χ1v) is 10.1. The second-order valence-electron chi connectivity index (χ2n) is 6.73. The summed E-state index contributed by atoms with van der Waals surface area (Å²) in [4.78, 5) is 14.3. The fourth-order valence-corrected chi connectivity index (χ4v) is 5.21. The molecule has 0 spiro atoms. The summed E-state index contributed by atoms with van der Waals surface area (Å²) in [6.07, 6.45) is 0.792. The van der Waals surface area contributed by atoms with Crippen LogP contribution in [0.1, 0.15) is 22.7 Å². The quantitative estimate of drug-likeness (QED) is 0.827. The molecule has 1 fully saturated rings. The van der Waals surface area contributed by atoms with Crippen molar-refractivity contribution in [3.63, 3.8) is 0 Å². The number of fused-ring (bicyclic) bond motifs is 3. The lowest BCUT2D eigenvalue weighted by molar-refractivity contribution is -0.138. The van der Waals surface area contributed by atoms with E-state index in [0.717, 1.165) is 12.0 Å². The normalized spacial score (nSPS) is 20.6. The van der Waals surface area contributed by atoms with Crippen molar-refractivity contribution in [3.8, 4) is 0 Å². The Hall–Kier alpha value is -2.25. The summed E-state index contributed by atoms with van der Waals surface area (Å²) in [6, 6.07) is 13.0. The maximum Gasteiger partial charge on any atom is 0.238 e. The van der Waals surface area contributed by atoms with Crippen molar-refractivity contribution in [1.82, 2.24) is 9.21 Å². The number of rotatable bonds is 3. The molecule has 5 nitrogen and oxygen atoms in total. The predicted molar refractivity (Wildman–Crippen MR) is 95.2 cm³/mol. The number of hydrogen-bond acceptors (Lipinski definition) is 3. The SMILES string of the molecule is O=C1CN(S(=O)(=O)Cc2ccc(F)cc2)CC2c3ccccc3CCN12. The van der Waals surface area contributed by atoms with Crippen molar-refractivity contribution in [2.75, 3.05) is 19.6 Å². The monoisotopic (exact) mass is 374 g/mol. The summed E-state index contributed by atoms with van der Waals surface area (Å²) in [5.74, 6) is -0.818. The van der Waals surface area contributed by atoms with Gasteiger partial charge in [-0.05, 0) is 35.2 Å². The van der Waals surface area contributed by atoms with Gasteiger partial charge in [-0.25, -0.2) is 12.8 Å². The molecular formula is C19H19FN2O3S. The van der Waals surface area contributed by atoms with E-state index in [0.29, 0.717) is 12.1 Å². The summed E-state index contributed by atoms with van der Waals surface area (Å²) < 4.78 is 40.0. The van der Waals surface area contributed by atoms with Crippen molar-refractivity contribution in [2.45, 2.75) is 18.2 Å². The van der Waals surface area contributed by atoms with Crippen LogP contribution in [-0.2, 0) is 27.0 Å². The molecule has 0 bridgehead atoms. The lowest BCUT2D eigenvalue weighted by Crippen LogP contribution is -2.55. The van der Waals surface area contributed by atoms with Gasteiger partial charge < -0.3 is 4.90 Å². The van der Waals surface area contributed by atoms with Crippen LogP contribution >= 0.6 is 0 Å². The van der Waals surface area contributed by atoms with E-state index in [1.807, 2.05) is 24.3 Å². The van der Waals surface area contributed by atoms with Gasteiger partial charge in [0.1, 0.15) is 5.82 Å². The van der Waals surface area contributed by atoms with Gasteiger partial charge in [-0.1, -0.05) is 36.4 Å². The van der Waals surface area contributed by atoms with E-state index < -0.39 is 15.8 Å². The van der Waals surface area contributed by atoms with Crippen molar-refractivity contribution in [1.29, 1.82) is 0 Å². The number of nitrogens with zero attached hydrogens (tertiary/aromatic N) is 2. The minimum absolute atomic E-state index is 0.137. The van der Waals surface area contributed by atoms with Gasteiger partial charge in [-0.2, -0.15) is 4.31 Å². The van der Waals surface area contributed by atoms with Gasteiger partial charge >= 0.3 is 0 Å². The maximum atomic E-state index is 13.0. The molecule has 2 aromatic rings. The Morgan fingerprint density at radius 3 is 2.58 bits per heavy atom. The number of carbonyl (C=O) groups excluding carboxylic acids is 1. The molecule has 0 aromatic heterocycles. The van der Waals surface area contributed by atoms with Crippen LogP contribution in [0.4, 0.5) is 4.39 Å². The Balaban J connectivity index is 1.60. The Morgan fingerprint density at radius 1 is 1.08 bits per heavy atom. The Kier molecular flexibility index (Phi) is 4.28. The van der Waals surface area contributed by atoms with Gasteiger partial charge in [0.05, 0.1) is 18.3 Å². The molecule has 1 unspecified atom stereocenters. The summed E-state index contributed by atoms with van der Waals surface area (Å²) in [5, 5.41) is 0. The number of carbonyl (C=O) groups is 1. The molecule has 1 atom stereocenters. The molecule has 7 heteroatoms. The van der Waals surface area contributed by atoms with Crippen molar-refractivity contribution >= 4 is 15.9 Å². The molecule has 0 radical (unpaired) electrons. The fraction of sp³-hybridized carbons (Fsp3) is 0.316. The highest BCUT2D eigenvalue weighted by atomic mass is 32.2. The summed E-state index contributed by atoms with van der Waals surface area (Å²) in [5.41, 5.74) is 2.69. The van der Waals surface area contributed by atoms with E-state index in [9.17, 15) is 17.6 Å². The smallest absolute Gasteiger partial charge is 0.238 e. The Morgan fingerprint density at radius 2 is 1.81 bits per heavy atom. The molecule has 2 heterocycles. The number of benzene rings is 2. The van der Waals surface area contributed by atoms with Crippen LogP contribution in [0.5, 0.6) is 0 Å². The van der Waals surface area contributed by atoms with Crippen LogP contribution in [0, 0.1) is 5.82 Å². The molecule has 0 aliphatic carbocycles. The third-order valence-corrected chi connectivity index (χ3v) is 6.84. The fourth-order valence-electron chi connectivity index (χ4n) is 3.74. The molecule has 2 aliphatic rings. The first kappa shape index (κ1) is 17.2. The summed E-state index contributed by atoms with van der Waals surface area (Å²) >= 11 is 0.